The van der Waals surface area contributed by atoms with Crippen LogP contribution >= 0.6 is 13.5 Å². The maximum atomic E-state index is 12.1. The second kappa shape index (κ2) is 18.4. The first-order chi connectivity index (χ1) is 22.5. The molecule has 2 aliphatic rings. The lowest BCUT2D eigenvalue weighted by molar-refractivity contribution is -0.140. The van der Waals surface area contributed by atoms with E-state index in [0.717, 1.165) is 0 Å². The Bertz CT molecular complexity index is 1690. The van der Waals surface area contributed by atoms with E-state index < -0.39 is 56.0 Å². The largest absolute Gasteiger partial charge is 0.466 e. The molecule has 0 spiro atoms. The topological polar surface area (TPSA) is 201 Å². The minimum absolute atomic E-state index is 0. The second-order valence-electron chi connectivity index (χ2n) is 14.2. The number of rotatable bonds is 7. The minimum Gasteiger partial charge on any atom is -0.466 e. The molecule has 0 aliphatic carbocycles. The lowest BCUT2D eigenvalue weighted by atomic mass is 10.00. The number of ketones is 1. The first-order valence-electron chi connectivity index (χ1n) is 16.4. The van der Waals surface area contributed by atoms with Gasteiger partial charge in [-0.15, -0.1) is 0 Å². The summed E-state index contributed by atoms with van der Waals surface area (Å²) >= 11 is 0. The molecule has 0 amide bonds. The van der Waals surface area contributed by atoms with Crippen LogP contribution in [0.4, 0.5) is 0 Å². The van der Waals surface area contributed by atoms with E-state index in [0.29, 0.717) is 30.6 Å². The normalized spacial score (nSPS) is 23.8. The van der Waals surface area contributed by atoms with Crippen LogP contribution in [-0.2, 0) is 28.2 Å². The van der Waals surface area contributed by atoms with Crippen LogP contribution in [0.5, 0.6) is 0 Å². The molecular weight excluding hydrogens is 689 g/mol. The van der Waals surface area contributed by atoms with E-state index in [-0.39, 0.29) is 47.9 Å². The van der Waals surface area contributed by atoms with Gasteiger partial charge in [0.2, 0.25) is 0 Å². The van der Waals surface area contributed by atoms with Crippen molar-refractivity contribution in [2.24, 2.45) is 5.92 Å². The van der Waals surface area contributed by atoms with Gasteiger partial charge >= 0.3 is 17.3 Å². The average Bonchev–Trinajstić information content (AvgIpc) is 3.56. The van der Waals surface area contributed by atoms with Gasteiger partial charge in [-0.2, -0.15) is 13.5 Å². The molecule has 15 nitrogen and oxygen atoms in total. The van der Waals surface area contributed by atoms with E-state index in [1.165, 1.54) is 35.4 Å². The molecule has 50 heavy (non-hydrogen) atoms. The second-order valence-corrected chi connectivity index (χ2v) is 18.9. The summed E-state index contributed by atoms with van der Waals surface area (Å²) in [4.78, 5) is 73.1. The molecule has 2 aromatic rings. The predicted octanol–water partition coefficient (Wildman–Crippen LogP) is 2.94. The van der Waals surface area contributed by atoms with Crippen molar-refractivity contribution in [1.82, 2.24) is 19.1 Å². The molecule has 17 heteroatoms. The molecular formula is C33H56N4O11SSi. The summed E-state index contributed by atoms with van der Waals surface area (Å²) in [6.07, 6.45) is 0.970. The zero-order chi connectivity index (χ0) is 37.6. The molecule has 4 heterocycles. The summed E-state index contributed by atoms with van der Waals surface area (Å²) in [6.45, 7) is 22.7. The minimum atomic E-state index is -2.10. The van der Waals surface area contributed by atoms with Crippen molar-refractivity contribution in [2.45, 2.75) is 137 Å². The monoisotopic (exact) mass is 744 g/mol. The number of hydrogen-bond acceptors (Lipinski definition) is 11. The SMILES string of the molecule is CC(=O)[C@H]1O[C@@H](n2cc(C)c(=O)[nH]c2=O)C[C@H]1O[Si](C)(C)C(C)(C)C.CCOC(C)=O.Cc1cn([C@H]2C[C@@H](C)[C@@H]([C@H](C)O)O2)c(=O)[nH]c1=O.S. The fourth-order valence-corrected chi connectivity index (χ4v) is 6.56. The van der Waals surface area contributed by atoms with Crippen LogP contribution in [0.1, 0.15) is 91.8 Å². The van der Waals surface area contributed by atoms with Gasteiger partial charge < -0.3 is 23.7 Å². The van der Waals surface area contributed by atoms with Gasteiger partial charge in [0, 0.05) is 36.9 Å². The van der Waals surface area contributed by atoms with E-state index in [9.17, 15) is 33.9 Å². The molecule has 2 fully saturated rings. The van der Waals surface area contributed by atoms with Gasteiger partial charge in [-0.1, -0.05) is 27.7 Å². The van der Waals surface area contributed by atoms with Crippen molar-refractivity contribution in [3.8, 4) is 0 Å². The molecule has 2 aliphatic heterocycles. The Hall–Kier alpha value is -3.09. The number of aliphatic hydroxyl groups excluding tert-OH is 1. The third-order valence-corrected chi connectivity index (χ3v) is 13.4. The summed E-state index contributed by atoms with van der Waals surface area (Å²) in [5.41, 5.74) is -0.946. The Labute approximate surface area is 300 Å². The Morgan fingerprint density at radius 3 is 1.76 bits per heavy atom. The molecule has 2 saturated heterocycles. The number of carbonyl (C=O) groups is 2. The summed E-state index contributed by atoms with van der Waals surface area (Å²) in [6, 6.07) is 0. The van der Waals surface area contributed by atoms with Gasteiger partial charge in [0.25, 0.3) is 11.1 Å². The zero-order valence-electron chi connectivity index (χ0n) is 31.2. The Balaban J connectivity index is 0.000000437. The molecule has 7 atom stereocenters. The van der Waals surface area contributed by atoms with Gasteiger partial charge in [0.1, 0.15) is 18.6 Å². The number of carbonyl (C=O) groups excluding carboxylic acids is 2. The van der Waals surface area contributed by atoms with Crippen molar-refractivity contribution in [1.29, 1.82) is 0 Å². The molecule has 2 aromatic heterocycles. The molecule has 0 saturated carbocycles. The highest BCUT2D eigenvalue weighted by Crippen LogP contribution is 2.41. The lowest BCUT2D eigenvalue weighted by Gasteiger charge is -2.39. The van der Waals surface area contributed by atoms with Crippen molar-refractivity contribution in [3.63, 3.8) is 0 Å². The summed E-state index contributed by atoms with van der Waals surface area (Å²) in [7, 11) is -2.10. The van der Waals surface area contributed by atoms with Gasteiger partial charge in [0.05, 0.1) is 24.9 Å². The highest BCUT2D eigenvalue weighted by Gasteiger charge is 2.46. The molecule has 4 rings (SSSR count). The molecule has 0 radical (unpaired) electrons. The number of aromatic amines is 2. The van der Waals surface area contributed by atoms with Crippen molar-refractivity contribution in [3.05, 3.63) is 65.2 Å². The standard InChI is InChI=1S/C17H28N2O5Si.C12H18N2O4.C4H8O2.H2S/c1-10-9-19(16(22)18-15(10)21)13-8-12(14(23-13)11(2)20)24-25(6,7)17(3,4)5;1-6-4-9(18-10(6)8(3)15)14-5-7(2)11(16)13-12(14)17;1-3-6-4(2)5;/h9,12-14H,8H2,1-7H3,(H,18,21,22);5-6,8-10,15H,4H2,1-3H3,(H,13,16,17);3H2,1-2H3;1H2/t12-,13-,14-;6-,8+,9-,10+;;/m11../s1. The van der Waals surface area contributed by atoms with E-state index in [2.05, 4.69) is 48.6 Å². The van der Waals surface area contributed by atoms with Gasteiger partial charge in [-0.3, -0.25) is 38.3 Å². The zero-order valence-corrected chi connectivity index (χ0v) is 33.2. The Morgan fingerprint density at radius 1 is 0.960 bits per heavy atom. The number of aromatic nitrogens is 4. The maximum Gasteiger partial charge on any atom is 0.330 e. The Kier molecular flexibility index (Phi) is 16.5. The summed E-state index contributed by atoms with van der Waals surface area (Å²) in [5.74, 6) is -0.174. The van der Waals surface area contributed by atoms with Gasteiger partial charge in [-0.25, -0.2) is 9.59 Å². The van der Waals surface area contributed by atoms with Crippen LogP contribution in [-0.4, -0.2) is 75.3 Å². The van der Waals surface area contributed by atoms with Crippen LogP contribution in [0, 0.1) is 19.8 Å². The predicted molar refractivity (Wildman–Crippen MR) is 195 cm³/mol. The van der Waals surface area contributed by atoms with E-state index in [4.69, 9.17) is 13.9 Å². The number of nitrogens with zero attached hydrogens (tertiary/aromatic N) is 2. The van der Waals surface area contributed by atoms with Crippen molar-refractivity contribution < 1.29 is 33.3 Å². The number of aryl methyl sites for hydroxylation is 2. The quantitative estimate of drug-likeness (QED) is 0.278. The number of Topliss-reactive ketones (excluding diaryl/α,β-unsaturated/α-hetero) is 1. The van der Waals surface area contributed by atoms with E-state index in [1.807, 2.05) is 6.92 Å². The number of ether oxygens (including phenoxy) is 3. The van der Waals surface area contributed by atoms with Gasteiger partial charge in [0.15, 0.2) is 14.1 Å². The average molecular weight is 745 g/mol. The highest BCUT2D eigenvalue weighted by molar-refractivity contribution is 7.59. The molecule has 0 unspecified atom stereocenters. The fraction of sp³-hybridized carbons (Fsp3) is 0.697. The van der Waals surface area contributed by atoms with Crippen LogP contribution in [0.15, 0.2) is 31.6 Å². The summed E-state index contributed by atoms with van der Waals surface area (Å²) in [5, 5.41) is 9.58. The summed E-state index contributed by atoms with van der Waals surface area (Å²) < 4.78 is 25.0. The number of nitrogens with one attached hydrogen (secondary N) is 2. The molecule has 3 N–H and O–H groups in total. The molecule has 0 aromatic carbocycles. The molecule has 0 bridgehead atoms. The smallest absolute Gasteiger partial charge is 0.330 e. The van der Waals surface area contributed by atoms with Crippen LogP contribution in [0.25, 0.3) is 0 Å². The fourth-order valence-electron chi connectivity index (χ4n) is 5.23. The molecule has 284 valence electrons. The van der Waals surface area contributed by atoms with E-state index in [1.54, 1.807) is 27.7 Å². The number of aliphatic hydroxyl groups is 1. The first kappa shape index (κ1) is 44.9. The third kappa shape index (κ3) is 11.7. The van der Waals surface area contributed by atoms with Crippen molar-refractivity contribution in [2.75, 3.05) is 6.61 Å². The number of hydrogen-bond donors (Lipinski definition) is 3. The Morgan fingerprint density at radius 2 is 1.42 bits per heavy atom. The highest BCUT2D eigenvalue weighted by atomic mass is 32.1. The third-order valence-electron chi connectivity index (χ3n) is 8.91. The van der Waals surface area contributed by atoms with Crippen LogP contribution in [0.2, 0.25) is 18.1 Å². The van der Waals surface area contributed by atoms with Crippen LogP contribution < -0.4 is 22.5 Å². The van der Waals surface area contributed by atoms with E-state index >= 15 is 0 Å². The maximum absolute atomic E-state index is 12.1. The van der Waals surface area contributed by atoms with Crippen LogP contribution in [0.3, 0.4) is 0 Å². The van der Waals surface area contributed by atoms with Gasteiger partial charge in [-0.05, 0) is 65.1 Å². The number of esters is 1. The number of H-pyrrole nitrogens is 2. The first-order valence-corrected chi connectivity index (χ1v) is 19.4. The lowest BCUT2D eigenvalue weighted by Crippen LogP contribution is -2.47. The van der Waals surface area contributed by atoms with Crippen molar-refractivity contribution >= 4 is 33.6 Å².